The van der Waals surface area contributed by atoms with E-state index in [1.54, 1.807) is 5.57 Å². The third-order valence-corrected chi connectivity index (χ3v) is 4.56. The summed E-state index contributed by atoms with van der Waals surface area (Å²) in [6.45, 7) is 11.5. The first kappa shape index (κ1) is 14.4. The van der Waals surface area contributed by atoms with E-state index in [1.165, 1.54) is 19.3 Å². The lowest BCUT2D eigenvalue weighted by molar-refractivity contribution is 0.269. The summed E-state index contributed by atoms with van der Waals surface area (Å²) >= 11 is 0. The van der Waals surface area contributed by atoms with Crippen LogP contribution in [0.2, 0.25) is 0 Å². The molecule has 0 bridgehead atoms. The van der Waals surface area contributed by atoms with E-state index in [0.717, 1.165) is 18.3 Å². The minimum atomic E-state index is 0.481. The standard InChI is InChI=1S/C17H28/c1-7-10-15(11-13(4)5)17(6)12-16(17)14(8-2)9-3/h1,8,13,15-16H,9-12H2,2-6H3. The van der Waals surface area contributed by atoms with Crippen molar-refractivity contribution in [1.82, 2.24) is 0 Å². The maximum atomic E-state index is 5.55. The molecule has 0 amide bonds. The van der Waals surface area contributed by atoms with Crippen molar-refractivity contribution in [1.29, 1.82) is 0 Å². The van der Waals surface area contributed by atoms with Gasteiger partial charge in [-0.2, -0.15) is 0 Å². The van der Waals surface area contributed by atoms with Gasteiger partial charge >= 0.3 is 0 Å². The Labute approximate surface area is 108 Å². The van der Waals surface area contributed by atoms with Gasteiger partial charge in [-0.3, -0.25) is 0 Å². The Hall–Kier alpha value is -0.700. The second kappa shape index (κ2) is 5.76. The monoisotopic (exact) mass is 232 g/mol. The Morgan fingerprint density at radius 1 is 1.53 bits per heavy atom. The third kappa shape index (κ3) is 3.15. The van der Waals surface area contributed by atoms with Crippen LogP contribution in [0, 0.1) is 35.5 Å². The Morgan fingerprint density at radius 3 is 2.59 bits per heavy atom. The number of hydrogen-bond acceptors (Lipinski definition) is 0. The molecule has 0 aromatic carbocycles. The molecule has 96 valence electrons. The molecule has 1 fully saturated rings. The first-order valence-corrected chi connectivity index (χ1v) is 7.08. The maximum absolute atomic E-state index is 5.55. The van der Waals surface area contributed by atoms with Crippen molar-refractivity contribution in [2.75, 3.05) is 0 Å². The molecule has 17 heavy (non-hydrogen) atoms. The molecular weight excluding hydrogens is 204 g/mol. The molecule has 0 nitrogen and oxygen atoms in total. The Bertz CT molecular complexity index is 315. The van der Waals surface area contributed by atoms with Crippen molar-refractivity contribution >= 4 is 0 Å². The van der Waals surface area contributed by atoms with Gasteiger partial charge in [0, 0.05) is 6.42 Å². The van der Waals surface area contributed by atoms with Gasteiger partial charge in [-0.05, 0) is 49.4 Å². The summed E-state index contributed by atoms with van der Waals surface area (Å²) in [6.07, 6.45) is 12.6. The van der Waals surface area contributed by atoms with E-state index < -0.39 is 0 Å². The summed E-state index contributed by atoms with van der Waals surface area (Å²) in [5, 5.41) is 0. The molecule has 0 aliphatic heterocycles. The van der Waals surface area contributed by atoms with Crippen molar-refractivity contribution in [3.05, 3.63) is 11.6 Å². The SMILES string of the molecule is C#CCC(CC(C)C)C1(C)CC1C(=CC)CC. The molecule has 1 aliphatic rings. The molecule has 0 heterocycles. The van der Waals surface area contributed by atoms with E-state index in [9.17, 15) is 0 Å². The van der Waals surface area contributed by atoms with Crippen LogP contribution in [0.5, 0.6) is 0 Å². The minimum absolute atomic E-state index is 0.481. The first-order valence-electron chi connectivity index (χ1n) is 7.08. The van der Waals surface area contributed by atoms with Crippen LogP contribution in [0.1, 0.15) is 60.3 Å². The minimum Gasteiger partial charge on any atom is -0.120 e. The van der Waals surface area contributed by atoms with Gasteiger partial charge in [0.25, 0.3) is 0 Å². The number of rotatable bonds is 6. The highest BCUT2D eigenvalue weighted by atomic mass is 14.6. The Morgan fingerprint density at radius 2 is 2.18 bits per heavy atom. The van der Waals surface area contributed by atoms with Gasteiger partial charge in [0.05, 0.1) is 0 Å². The maximum Gasteiger partial charge on any atom is 0.0120 e. The van der Waals surface area contributed by atoms with Crippen LogP contribution in [0.3, 0.4) is 0 Å². The van der Waals surface area contributed by atoms with E-state index in [2.05, 4.69) is 46.6 Å². The zero-order chi connectivity index (χ0) is 13.1. The smallest absolute Gasteiger partial charge is 0.0120 e. The van der Waals surface area contributed by atoms with Crippen molar-refractivity contribution in [3.63, 3.8) is 0 Å². The third-order valence-electron chi connectivity index (χ3n) is 4.56. The van der Waals surface area contributed by atoms with E-state index in [0.29, 0.717) is 11.3 Å². The Kier molecular flexibility index (Phi) is 4.87. The second-order valence-corrected chi connectivity index (χ2v) is 6.21. The van der Waals surface area contributed by atoms with Crippen LogP contribution in [0.4, 0.5) is 0 Å². The lowest BCUT2D eigenvalue weighted by Crippen LogP contribution is -2.17. The Balaban J connectivity index is 2.73. The quantitative estimate of drug-likeness (QED) is 0.444. The molecule has 0 aromatic rings. The number of allylic oxidation sites excluding steroid dienone is 2. The highest BCUT2D eigenvalue weighted by Gasteiger charge is 2.55. The molecule has 0 N–H and O–H groups in total. The van der Waals surface area contributed by atoms with Gasteiger partial charge in [-0.15, -0.1) is 12.3 Å². The van der Waals surface area contributed by atoms with E-state index in [4.69, 9.17) is 6.42 Å². The van der Waals surface area contributed by atoms with Crippen LogP contribution < -0.4 is 0 Å². The summed E-state index contributed by atoms with van der Waals surface area (Å²) in [5.41, 5.74) is 2.12. The van der Waals surface area contributed by atoms with Crippen LogP contribution in [0.25, 0.3) is 0 Å². The van der Waals surface area contributed by atoms with E-state index in [-0.39, 0.29) is 0 Å². The van der Waals surface area contributed by atoms with Gasteiger partial charge in [0.1, 0.15) is 0 Å². The predicted octanol–water partition coefficient (Wildman–Crippen LogP) is 5.05. The zero-order valence-electron chi connectivity index (χ0n) is 12.2. The molecular formula is C17H28. The molecule has 0 spiro atoms. The fourth-order valence-corrected chi connectivity index (χ4v) is 3.34. The average Bonchev–Trinajstić information content (AvgIpc) is 2.93. The van der Waals surface area contributed by atoms with Crippen molar-refractivity contribution in [3.8, 4) is 12.3 Å². The van der Waals surface area contributed by atoms with Crippen LogP contribution in [0.15, 0.2) is 11.6 Å². The predicted molar refractivity (Wildman–Crippen MR) is 76.7 cm³/mol. The topological polar surface area (TPSA) is 0 Å². The fraction of sp³-hybridized carbons (Fsp3) is 0.765. The number of terminal acetylenes is 1. The average molecular weight is 232 g/mol. The number of hydrogen-bond donors (Lipinski definition) is 0. The molecule has 0 aromatic heterocycles. The van der Waals surface area contributed by atoms with Gasteiger partial charge in [0.2, 0.25) is 0 Å². The normalized spacial score (nSPS) is 30.2. The lowest BCUT2D eigenvalue weighted by atomic mass is 9.79. The molecule has 1 saturated carbocycles. The molecule has 0 heteroatoms. The van der Waals surface area contributed by atoms with Crippen molar-refractivity contribution < 1.29 is 0 Å². The molecule has 0 radical (unpaired) electrons. The fourth-order valence-electron chi connectivity index (χ4n) is 3.34. The van der Waals surface area contributed by atoms with Gasteiger partial charge in [-0.25, -0.2) is 0 Å². The van der Waals surface area contributed by atoms with Crippen molar-refractivity contribution in [2.24, 2.45) is 23.2 Å². The van der Waals surface area contributed by atoms with E-state index in [1.807, 2.05) is 0 Å². The zero-order valence-corrected chi connectivity index (χ0v) is 12.2. The van der Waals surface area contributed by atoms with Crippen LogP contribution >= 0.6 is 0 Å². The molecule has 3 atom stereocenters. The van der Waals surface area contributed by atoms with Crippen molar-refractivity contribution in [2.45, 2.75) is 60.3 Å². The molecule has 1 rings (SSSR count). The summed E-state index contributed by atoms with van der Waals surface area (Å²) in [7, 11) is 0. The summed E-state index contributed by atoms with van der Waals surface area (Å²) in [4.78, 5) is 0. The van der Waals surface area contributed by atoms with E-state index >= 15 is 0 Å². The molecule has 1 aliphatic carbocycles. The molecule has 3 unspecified atom stereocenters. The van der Waals surface area contributed by atoms with Gasteiger partial charge < -0.3 is 0 Å². The summed E-state index contributed by atoms with van der Waals surface area (Å²) < 4.78 is 0. The lowest BCUT2D eigenvalue weighted by Gasteiger charge is -2.25. The largest absolute Gasteiger partial charge is 0.120 e. The second-order valence-electron chi connectivity index (χ2n) is 6.21. The summed E-state index contributed by atoms with van der Waals surface area (Å²) in [6, 6.07) is 0. The molecule has 0 saturated heterocycles. The van der Waals surface area contributed by atoms with Crippen LogP contribution in [-0.2, 0) is 0 Å². The summed E-state index contributed by atoms with van der Waals surface area (Å²) in [5.74, 6) is 5.16. The van der Waals surface area contributed by atoms with Gasteiger partial charge in [-0.1, -0.05) is 39.3 Å². The van der Waals surface area contributed by atoms with Crippen LogP contribution in [-0.4, -0.2) is 0 Å². The highest BCUT2D eigenvalue weighted by Crippen LogP contribution is 2.63. The van der Waals surface area contributed by atoms with Gasteiger partial charge in [0.15, 0.2) is 0 Å². The highest BCUT2D eigenvalue weighted by molar-refractivity contribution is 5.21. The first-order chi connectivity index (χ1) is 7.99.